The highest BCUT2D eigenvalue weighted by atomic mass is 32.2. The molecule has 0 saturated heterocycles. The van der Waals surface area contributed by atoms with Crippen LogP contribution < -0.4 is 15.8 Å². The van der Waals surface area contributed by atoms with E-state index in [1.165, 1.54) is 7.11 Å². The minimum absolute atomic E-state index is 0.0583. The summed E-state index contributed by atoms with van der Waals surface area (Å²) in [5, 5.41) is 2.83. The second-order valence-corrected chi connectivity index (χ2v) is 6.08. The molecule has 0 aliphatic carbocycles. The summed E-state index contributed by atoms with van der Waals surface area (Å²) in [6.45, 7) is 2.36. The maximum atomic E-state index is 12.0. The largest absolute Gasteiger partial charge is 0.495 e. The second kappa shape index (κ2) is 7.13. The van der Waals surface area contributed by atoms with Crippen molar-refractivity contribution < 1.29 is 13.7 Å². The summed E-state index contributed by atoms with van der Waals surface area (Å²) in [6.07, 6.45) is 2.32. The van der Waals surface area contributed by atoms with Crippen LogP contribution in [0.4, 0.5) is 5.69 Å². The van der Waals surface area contributed by atoms with Crippen molar-refractivity contribution >= 4 is 22.4 Å². The van der Waals surface area contributed by atoms with Gasteiger partial charge in [0.25, 0.3) is 5.91 Å². The number of methoxy groups -OCH3 is 1. The zero-order chi connectivity index (χ0) is 14.4. The van der Waals surface area contributed by atoms with Crippen molar-refractivity contribution in [2.45, 2.75) is 18.6 Å². The standard InChI is InChI=1S/C13H20N2O3S/c1-9(19(3)17)7-8-15-13(16)10-5-4-6-11(18-2)12(10)14/h4-6,9H,7-8,14H2,1-3H3,(H,15,16). The summed E-state index contributed by atoms with van der Waals surface area (Å²) < 4.78 is 16.3. The van der Waals surface area contributed by atoms with Crippen molar-refractivity contribution in [1.29, 1.82) is 0 Å². The molecule has 0 radical (unpaired) electrons. The SMILES string of the molecule is COc1cccc(C(=O)NCCC(C)S(C)=O)c1N. The Kier molecular flexibility index (Phi) is 5.82. The van der Waals surface area contributed by atoms with E-state index >= 15 is 0 Å². The molecule has 0 spiro atoms. The lowest BCUT2D eigenvalue weighted by molar-refractivity contribution is 0.0954. The van der Waals surface area contributed by atoms with Gasteiger partial charge < -0.3 is 15.8 Å². The maximum Gasteiger partial charge on any atom is 0.253 e. The smallest absolute Gasteiger partial charge is 0.253 e. The number of rotatable bonds is 6. The molecule has 0 aliphatic heterocycles. The third kappa shape index (κ3) is 4.24. The van der Waals surface area contributed by atoms with E-state index in [1.807, 2.05) is 6.92 Å². The first-order valence-corrected chi connectivity index (χ1v) is 7.62. The van der Waals surface area contributed by atoms with Crippen LogP contribution in [0, 0.1) is 0 Å². The van der Waals surface area contributed by atoms with Gasteiger partial charge in [-0.25, -0.2) is 0 Å². The summed E-state index contributed by atoms with van der Waals surface area (Å²) in [4.78, 5) is 12.0. The number of ether oxygens (including phenoxy) is 1. The molecule has 6 heteroatoms. The lowest BCUT2D eigenvalue weighted by Gasteiger charge is -2.12. The second-order valence-electron chi connectivity index (χ2n) is 4.28. The third-order valence-electron chi connectivity index (χ3n) is 2.93. The molecule has 0 aliphatic rings. The molecule has 0 fully saturated rings. The van der Waals surface area contributed by atoms with Crippen molar-refractivity contribution in [3.8, 4) is 5.75 Å². The van der Waals surface area contributed by atoms with E-state index in [4.69, 9.17) is 10.5 Å². The predicted molar refractivity (Wildman–Crippen MR) is 77.9 cm³/mol. The monoisotopic (exact) mass is 284 g/mol. The number of benzene rings is 1. The van der Waals surface area contributed by atoms with Gasteiger partial charge in [0.2, 0.25) is 0 Å². The molecule has 2 atom stereocenters. The van der Waals surface area contributed by atoms with Crippen LogP contribution >= 0.6 is 0 Å². The zero-order valence-electron chi connectivity index (χ0n) is 11.4. The average molecular weight is 284 g/mol. The van der Waals surface area contributed by atoms with E-state index in [9.17, 15) is 9.00 Å². The van der Waals surface area contributed by atoms with Crippen molar-refractivity contribution in [2.24, 2.45) is 0 Å². The number of nitrogens with two attached hydrogens (primary N) is 1. The Morgan fingerprint density at radius 3 is 2.79 bits per heavy atom. The zero-order valence-corrected chi connectivity index (χ0v) is 12.3. The molecule has 2 unspecified atom stereocenters. The van der Waals surface area contributed by atoms with E-state index in [1.54, 1.807) is 24.5 Å². The Hall–Kier alpha value is -1.56. The number of para-hydroxylation sites is 1. The van der Waals surface area contributed by atoms with Gasteiger partial charge in [0.1, 0.15) is 5.75 Å². The van der Waals surface area contributed by atoms with Crippen molar-refractivity contribution in [1.82, 2.24) is 5.32 Å². The molecule has 19 heavy (non-hydrogen) atoms. The number of amides is 1. The molecule has 3 N–H and O–H groups in total. The molecular formula is C13H20N2O3S. The Balaban J connectivity index is 2.62. The van der Waals surface area contributed by atoms with Crippen molar-refractivity contribution in [3.63, 3.8) is 0 Å². The van der Waals surface area contributed by atoms with Crippen LogP contribution in [-0.2, 0) is 10.8 Å². The summed E-state index contributed by atoms with van der Waals surface area (Å²) in [5.41, 5.74) is 6.56. The minimum Gasteiger partial charge on any atom is -0.495 e. The molecule has 0 saturated carbocycles. The van der Waals surface area contributed by atoms with E-state index in [2.05, 4.69) is 5.32 Å². The van der Waals surface area contributed by atoms with Gasteiger partial charge in [0, 0.05) is 28.9 Å². The number of nitrogen functional groups attached to an aromatic ring is 1. The van der Waals surface area contributed by atoms with Gasteiger partial charge in [-0.3, -0.25) is 9.00 Å². The van der Waals surface area contributed by atoms with E-state index < -0.39 is 10.8 Å². The molecule has 106 valence electrons. The molecule has 1 rings (SSSR count). The minimum atomic E-state index is -0.875. The van der Waals surface area contributed by atoms with Gasteiger partial charge in [0.15, 0.2) is 0 Å². The molecule has 0 heterocycles. The fourth-order valence-corrected chi connectivity index (χ4v) is 2.02. The van der Waals surface area contributed by atoms with Crippen LogP contribution in [0.25, 0.3) is 0 Å². The van der Waals surface area contributed by atoms with E-state index in [0.717, 1.165) is 0 Å². The highest BCUT2D eigenvalue weighted by molar-refractivity contribution is 7.84. The Morgan fingerprint density at radius 2 is 2.21 bits per heavy atom. The van der Waals surface area contributed by atoms with Crippen LogP contribution in [0.15, 0.2) is 18.2 Å². The van der Waals surface area contributed by atoms with Crippen molar-refractivity contribution in [3.05, 3.63) is 23.8 Å². The number of carbonyl (C=O) groups is 1. The van der Waals surface area contributed by atoms with Gasteiger partial charge in [-0.2, -0.15) is 0 Å². The first-order chi connectivity index (χ1) is 8.97. The molecule has 1 aromatic rings. The first-order valence-electron chi connectivity index (χ1n) is 6.00. The topological polar surface area (TPSA) is 81.4 Å². The highest BCUT2D eigenvalue weighted by Crippen LogP contribution is 2.24. The van der Waals surface area contributed by atoms with Crippen LogP contribution in [0.3, 0.4) is 0 Å². The summed E-state index contributed by atoms with van der Waals surface area (Å²) >= 11 is 0. The Labute approximate surface area is 116 Å². The number of carbonyl (C=O) groups excluding carboxylic acids is 1. The van der Waals surface area contributed by atoms with E-state index in [0.29, 0.717) is 30.0 Å². The number of nitrogens with one attached hydrogen (secondary N) is 1. The van der Waals surface area contributed by atoms with Gasteiger partial charge in [0.05, 0.1) is 18.4 Å². The number of hydrogen-bond acceptors (Lipinski definition) is 4. The van der Waals surface area contributed by atoms with E-state index in [-0.39, 0.29) is 11.2 Å². The summed E-state index contributed by atoms with van der Waals surface area (Å²) in [6, 6.07) is 5.07. The van der Waals surface area contributed by atoms with Crippen molar-refractivity contribution in [2.75, 3.05) is 25.6 Å². The van der Waals surface area contributed by atoms with Crippen LogP contribution in [-0.4, -0.2) is 35.3 Å². The third-order valence-corrected chi connectivity index (χ3v) is 4.30. The summed E-state index contributed by atoms with van der Waals surface area (Å²) in [7, 11) is 0.631. The quantitative estimate of drug-likeness (QED) is 0.768. The van der Waals surface area contributed by atoms with Crippen LogP contribution in [0.5, 0.6) is 5.75 Å². The molecular weight excluding hydrogens is 264 g/mol. The fraction of sp³-hybridized carbons (Fsp3) is 0.462. The average Bonchev–Trinajstić information content (AvgIpc) is 2.38. The normalized spacial score (nSPS) is 13.6. The molecule has 0 bridgehead atoms. The Bertz CT molecular complexity index is 477. The van der Waals surface area contributed by atoms with Crippen LogP contribution in [0.1, 0.15) is 23.7 Å². The van der Waals surface area contributed by atoms with Gasteiger partial charge in [-0.1, -0.05) is 13.0 Å². The lowest BCUT2D eigenvalue weighted by Crippen LogP contribution is -2.28. The fourth-order valence-electron chi connectivity index (χ4n) is 1.57. The molecule has 1 amide bonds. The van der Waals surface area contributed by atoms with Gasteiger partial charge in [-0.15, -0.1) is 0 Å². The number of hydrogen-bond donors (Lipinski definition) is 2. The van der Waals surface area contributed by atoms with Gasteiger partial charge in [-0.05, 0) is 18.6 Å². The highest BCUT2D eigenvalue weighted by Gasteiger charge is 2.13. The molecule has 5 nitrogen and oxygen atoms in total. The Morgan fingerprint density at radius 1 is 1.53 bits per heavy atom. The maximum absolute atomic E-state index is 12.0. The first kappa shape index (κ1) is 15.5. The van der Waals surface area contributed by atoms with Crippen LogP contribution in [0.2, 0.25) is 0 Å². The number of anilines is 1. The molecule has 1 aromatic carbocycles. The van der Waals surface area contributed by atoms with Gasteiger partial charge >= 0.3 is 0 Å². The summed E-state index contributed by atoms with van der Waals surface area (Å²) in [5.74, 6) is 0.237. The lowest BCUT2D eigenvalue weighted by atomic mass is 10.1. The predicted octanol–water partition coefficient (Wildman–Crippen LogP) is 1.16. The molecule has 0 aromatic heterocycles.